The minimum atomic E-state index is -0.0505. The first kappa shape index (κ1) is 9.45. The molecule has 68 valence electrons. The van der Waals surface area contributed by atoms with Gasteiger partial charge in [-0.25, -0.2) is 0 Å². The smallest absolute Gasteiger partial charge is 0.147 e. The first-order chi connectivity index (χ1) is 5.84. The molecule has 3 heteroatoms. The molecule has 0 amide bonds. The first-order valence-electron chi connectivity index (χ1n) is 3.90. The van der Waals surface area contributed by atoms with E-state index in [2.05, 4.69) is 13.2 Å². The lowest BCUT2D eigenvalue weighted by atomic mass is 10.2. The van der Waals surface area contributed by atoms with Gasteiger partial charge in [0.05, 0.1) is 19.8 Å². The fourth-order valence-electron chi connectivity index (χ4n) is 0.948. The van der Waals surface area contributed by atoms with Crippen molar-refractivity contribution in [2.24, 2.45) is 0 Å². The van der Waals surface area contributed by atoms with Crippen molar-refractivity contribution >= 4 is 0 Å². The van der Waals surface area contributed by atoms with E-state index >= 15 is 0 Å². The highest BCUT2D eigenvalue weighted by Gasteiger charge is 2.16. The molecule has 0 radical (unpaired) electrons. The molecule has 0 bridgehead atoms. The quantitative estimate of drug-likeness (QED) is 0.594. The summed E-state index contributed by atoms with van der Waals surface area (Å²) < 4.78 is 15.6. The standard InChI is InChI=1S/C9H14O3/c1-3-4-12-9-6-11-7-10-5-8(9)2/h3,9H,1-2,4-7H2. The third kappa shape index (κ3) is 2.77. The molecule has 0 N–H and O–H groups in total. The zero-order chi connectivity index (χ0) is 8.81. The fourth-order valence-corrected chi connectivity index (χ4v) is 0.948. The van der Waals surface area contributed by atoms with Crippen molar-refractivity contribution < 1.29 is 14.2 Å². The summed E-state index contributed by atoms with van der Waals surface area (Å²) in [5, 5.41) is 0. The van der Waals surface area contributed by atoms with Crippen LogP contribution in [0.4, 0.5) is 0 Å². The van der Waals surface area contributed by atoms with Gasteiger partial charge in [0.2, 0.25) is 0 Å². The number of rotatable bonds is 3. The van der Waals surface area contributed by atoms with Crippen LogP contribution in [0.5, 0.6) is 0 Å². The van der Waals surface area contributed by atoms with Crippen LogP contribution in [0.25, 0.3) is 0 Å². The van der Waals surface area contributed by atoms with E-state index in [9.17, 15) is 0 Å². The van der Waals surface area contributed by atoms with Crippen molar-refractivity contribution in [3.05, 3.63) is 24.8 Å². The van der Waals surface area contributed by atoms with Gasteiger partial charge in [-0.1, -0.05) is 12.7 Å². The molecule has 1 fully saturated rings. The lowest BCUT2D eigenvalue weighted by Crippen LogP contribution is -2.21. The topological polar surface area (TPSA) is 27.7 Å². The minimum absolute atomic E-state index is 0.0505. The van der Waals surface area contributed by atoms with E-state index < -0.39 is 0 Å². The predicted octanol–water partition coefficient (Wildman–Crippen LogP) is 1.12. The van der Waals surface area contributed by atoms with Gasteiger partial charge < -0.3 is 14.2 Å². The van der Waals surface area contributed by atoms with Gasteiger partial charge in [0.1, 0.15) is 12.9 Å². The maximum atomic E-state index is 5.40. The summed E-state index contributed by atoms with van der Waals surface area (Å²) in [6.45, 7) is 9.29. The molecular formula is C9H14O3. The van der Waals surface area contributed by atoms with Crippen molar-refractivity contribution in [2.75, 3.05) is 26.6 Å². The SMILES string of the molecule is C=CCOC1COCOCC1=C. The molecule has 12 heavy (non-hydrogen) atoms. The monoisotopic (exact) mass is 170 g/mol. The van der Waals surface area contributed by atoms with Gasteiger partial charge in [0.15, 0.2) is 0 Å². The molecule has 3 nitrogen and oxygen atoms in total. The zero-order valence-corrected chi connectivity index (χ0v) is 7.12. The maximum absolute atomic E-state index is 5.40. The van der Waals surface area contributed by atoms with Crippen LogP contribution in [0.3, 0.4) is 0 Å². The molecule has 0 aromatic heterocycles. The van der Waals surface area contributed by atoms with Gasteiger partial charge in [-0.2, -0.15) is 0 Å². The van der Waals surface area contributed by atoms with Crippen LogP contribution in [0.1, 0.15) is 0 Å². The van der Waals surface area contributed by atoms with Crippen molar-refractivity contribution in [1.82, 2.24) is 0 Å². The molecule has 1 atom stereocenters. The van der Waals surface area contributed by atoms with Crippen LogP contribution < -0.4 is 0 Å². The van der Waals surface area contributed by atoms with E-state index in [0.717, 1.165) is 5.57 Å². The molecule has 0 spiro atoms. The summed E-state index contributed by atoms with van der Waals surface area (Å²) in [5.74, 6) is 0. The van der Waals surface area contributed by atoms with E-state index in [1.807, 2.05) is 0 Å². The Hall–Kier alpha value is -0.640. The van der Waals surface area contributed by atoms with Gasteiger partial charge >= 0.3 is 0 Å². The molecule has 0 aromatic carbocycles. The first-order valence-corrected chi connectivity index (χ1v) is 3.90. The predicted molar refractivity (Wildman–Crippen MR) is 45.8 cm³/mol. The molecule has 1 unspecified atom stereocenters. The highest BCUT2D eigenvalue weighted by molar-refractivity contribution is 5.03. The Morgan fingerprint density at radius 3 is 3.17 bits per heavy atom. The highest BCUT2D eigenvalue weighted by atomic mass is 16.7. The van der Waals surface area contributed by atoms with Crippen LogP contribution in [-0.4, -0.2) is 32.7 Å². The minimum Gasteiger partial charge on any atom is -0.367 e. The molecule has 0 aromatic rings. The van der Waals surface area contributed by atoms with Gasteiger partial charge in [-0.15, -0.1) is 6.58 Å². The Labute approximate surface area is 72.6 Å². The van der Waals surface area contributed by atoms with Crippen molar-refractivity contribution in [2.45, 2.75) is 6.10 Å². The van der Waals surface area contributed by atoms with Crippen LogP contribution in [-0.2, 0) is 14.2 Å². The Morgan fingerprint density at radius 1 is 1.58 bits per heavy atom. The number of ether oxygens (including phenoxy) is 3. The Kier molecular flexibility index (Phi) is 4.00. The third-order valence-electron chi connectivity index (χ3n) is 1.59. The highest BCUT2D eigenvalue weighted by Crippen LogP contribution is 2.09. The molecule has 1 heterocycles. The van der Waals surface area contributed by atoms with E-state index in [4.69, 9.17) is 14.2 Å². The van der Waals surface area contributed by atoms with Gasteiger partial charge in [-0.3, -0.25) is 0 Å². The molecule has 1 saturated heterocycles. The van der Waals surface area contributed by atoms with E-state index in [1.54, 1.807) is 6.08 Å². The summed E-state index contributed by atoms with van der Waals surface area (Å²) in [5.41, 5.74) is 0.925. The van der Waals surface area contributed by atoms with Gasteiger partial charge in [-0.05, 0) is 5.57 Å². The zero-order valence-electron chi connectivity index (χ0n) is 7.12. The van der Waals surface area contributed by atoms with E-state index in [-0.39, 0.29) is 6.10 Å². The Bertz CT molecular complexity index is 165. The lowest BCUT2D eigenvalue weighted by Gasteiger charge is -2.14. The fraction of sp³-hybridized carbons (Fsp3) is 0.556. The average Bonchev–Trinajstić information content (AvgIpc) is 2.27. The van der Waals surface area contributed by atoms with Crippen molar-refractivity contribution in [1.29, 1.82) is 0 Å². The Balaban J connectivity index is 2.36. The van der Waals surface area contributed by atoms with E-state index in [0.29, 0.717) is 26.6 Å². The lowest BCUT2D eigenvalue weighted by molar-refractivity contribution is -0.0494. The molecule has 0 aliphatic carbocycles. The molecule has 1 aliphatic rings. The second kappa shape index (κ2) is 5.09. The van der Waals surface area contributed by atoms with Crippen molar-refractivity contribution in [3.63, 3.8) is 0 Å². The van der Waals surface area contributed by atoms with Crippen LogP contribution in [0.2, 0.25) is 0 Å². The largest absolute Gasteiger partial charge is 0.367 e. The number of hydrogen-bond donors (Lipinski definition) is 0. The molecule has 0 saturated carbocycles. The summed E-state index contributed by atoms with van der Waals surface area (Å²) >= 11 is 0. The number of hydrogen-bond acceptors (Lipinski definition) is 3. The molecule has 1 aliphatic heterocycles. The van der Waals surface area contributed by atoms with Crippen LogP contribution >= 0.6 is 0 Å². The maximum Gasteiger partial charge on any atom is 0.147 e. The van der Waals surface area contributed by atoms with Crippen LogP contribution in [0.15, 0.2) is 24.8 Å². The third-order valence-corrected chi connectivity index (χ3v) is 1.59. The Morgan fingerprint density at radius 2 is 2.42 bits per heavy atom. The molecular weight excluding hydrogens is 156 g/mol. The van der Waals surface area contributed by atoms with Gasteiger partial charge in [0.25, 0.3) is 0 Å². The second-order valence-corrected chi connectivity index (χ2v) is 2.61. The molecule has 1 rings (SSSR count). The summed E-state index contributed by atoms with van der Waals surface area (Å²) in [7, 11) is 0. The van der Waals surface area contributed by atoms with E-state index in [1.165, 1.54) is 0 Å². The van der Waals surface area contributed by atoms with Crippen LogP contribution in [0, 0.1) is 0 Å². The van der Waals surface area contributed by atoms with Crippen molar-refractivity contribution in [3.8, 4) is 0 Å². The summed E-state index contributed by atoms with van der Waals surface area (Å²) in [6, 6.07) is 0. The summed E-state index contributed by atoms with van der Waals surface area (Å²) in [6.07, 6.45) is 1.66. The second-order valence-electron chi connectivity index (χ2n) is 2.61. The van der Waals surface area contributed by atoms with Gasteiger partial charge in [0, 0.05) is 0 Å². The normalized spacial score (nSPS) is 25.0. The average molecular weight is 170 g/mol. The summed E-state index contributed by atoms with van der Waals surface area (Å²) in [4.78, 5) is 0.